The number of fused-ring (bicyclic) bond motifs is 1. The number of ketones is 1. The van der Waals surface area contributed by atoms with Gasteiger partial charge >= 0.3 is 0 Å². The van der Waals surface area contributed by atoms with Crippen molar-refractivity contribution in [3.05, 3.63) is 65.2 Å². The van der Waals surface area contributed by atoms with Gasteiger partial charge in [0.1, 0.15) is 23.4 Å². The van der Waals surface area contributed by atoms with Gasteiger partial charge in [0, 0.05) is 6.07 Å². The van der Waals surface area contributed by atoms with E-state index in [0.29, 0.717) is 22.6 Å². The summed E-state index contributed by atoms with van der Waals surface area (Å²) in [7, 11) is 0. The zero-order chi connectivity index (χ0) is 15.5. The van der Waals surface area contributed by atoms with Crippen LogP contribution in [0.1, 0.15) is 15.9 Å². The molecule has 1 heterocycles. The van der Waals surface area contributed by atoms with Gasteiger partial charge in [0.25, 0.3) is 0 Å². The molecule has 22 heavy (non-hydrogen) atoms. The van der Waals surface area contributed by atoms with Gasteiger partial charge in [-0.1, -0.05) is 12.1 Å². The van der Waals surface area contributed by atoms with Gasteiger partial charge in [0.15, 0.2) is 12.4 Å². The number of halogens is 1. The van der Waals surface area contributed by atoms with Crippen LogP contribution >= 0.6 is 0 Å². The van der Waals surface area contributed by atoms with Crippen molar-refractivity contribution in [3.8, 4) is 17.6 Å². The quantitative estimate of drug-likeness (QED) is 0.815. The van der Waals surface area contributed by atoms with E-state index in [0.717, 1.165) is 0 Å². The van der Waals surface area contributed by atoms with E-state index in [4.69, 9.17) is 14.7 Å². The third-order valence-corrected chi connectivity index (χ3v) is 3.09. The molecule has 0 N–H and O–H groups in total. The lowest BCUT2D eigenvalue weighted by Gasteiger charge is -2.03. The van der Waals surface area contributed by atoms with Gasteiger partial charge < -0.3 is 9.47 Å². The maximum atomic E-state index is 13.2. The Labute approximate surface area is 126 Å². The summed E-state index contributed by atoms with van der Waals surface area (Å²) in [5, 5.41) is 8.49. The topological polar surface area (TPSA) is 59.3 Å². The van der Waals surface area contributed by atoms with Crippen molar-refractivity contribution < 1.29 is 18.7 Å². The average Bonchev–Trinajstić information content (AvgIpc) is 2.81. The first kappa shape index (κ1) is 13.8. The van der Waals surface area contributed by atoms with E-state index < -0.39 is 0 Å². The van der Waals surface area contributed by atoms with Crippen molar-refractivity contribution in [1.82, 2.24) is 0 Å². The first-order valence-corrected chi connectivity index (χ1v) is 6.51. The Bertz CT molecular complexity index is 821. The van der Waals surface area contributed by atoms with Crippen molar-refractivity contribution in [2.45, 2.75) is 0 Å². The summed E-state index contributed by atoms with van der Waals surface area (Å²) < 4.78 is 23.8. The van der Waals surface area contributed by atoms with E-state index in [1.807, 2.05) is 6.07 Å². The highest BCUT2D eigenvalue weighted by molar-refractivity contribution is 6.14. The van der Waals surface area contributed by atoms with Crippen molar-refractivity contribution in [2.24, 2.45) is 0 Å². The minimum Gasteiger partial charge on any atom is -0.479 e. The number of nitriles is 1. The van der Waals surface area contributed by atoms with E-state index in [1.54, 1.807) is 30.3 Å². The number of rotatable bonds is 3. The van der Waals surface area contributed by atoms with E-state index >= 15 is 0 Å². The number of carbonyl (C=O) groups excluding carboxylic acids is 1. The Balaban J connectivity index is 1.89. The van der Waals surface area contributed by atoms with Gasteiger partial charge in [-0.25, -0.2) is 4.39 Å². The Morgan fingerprint density at radius 3 is 2.91 bits per heavy atom. The molecule has 0 bridgehead atoms. The fourth-order valence-electron chi connectivity index (χ4n) is 2.12. The standard InChI is InChI=1S/C17H10FNO3/c18-12-3-1-2-11(8-12)9-16-17(20)14-5-4-13(21-7-6-19)10-15(14)22-16/h1-5,8-10H,7H2. The van der Waals surface area contributed by atoms with Crippen LogP contribution in [0.3, 0.4) is 0 Å². The largest absolute Gasteiger partial charge is 0.479 e. The van der Waals surface area contributed by atoms with Crippen LogP contribution in [0.5, 0.6) is 11.5 Å². The van der Waals surface area contributed by atoms with Crippen LogP contribution in [0.4, 0.5) is 4.39 Å². The van der Waals surface area contributed by atoms with Crippen molar-refractivity contribution >= 4 is 11.9 Å². The molecule has 2 aromatic rings. The normalized spacial score (nSPS) is 14.4. The minimum absolute atomic E-state index is 0.0846. The lowest BCUT2D eigenvalue weighted by Crippen LogP contribution is -1.98. The number of nitrogens with zero attached hydrogens (tertiary/aromatic N) is 1. The molecule has 5 heteroatoms. The molecule has 1 aliphatic rings. The number of allylic oxidation sites excluding steroid dienone is 1. The molecule has 0 unspecified atom stereocenters. The van der Waals surface area contributed by atoms with Crippen LogP contribution < -0.4 is 9.47 Å². The summed E-state index contributed by atoms with van der Waals surface area (Å²) in [5.74, 6) is 0.275. The first-order chi connectivity index (χ1) is 10.7. The molecule has 2 aromatic carbocycles. The molecule has 0 amide bonds. The molecular weight excluding hydrogens is 285 g/mol. The monoisotopic (exact) mass is 295 g/mol. The second-order valence-electron chi connectivity index (χ2n) is 4.60. The van der Waals surface area contributed by atoms with Crippen LogP contribution in [-0.4, -0.2) is 12.4 Å². The Hall–Kier alpha value is -3.13. The summed E-state index contributed by atoms with van der Waals surface area (Å²) in [6.45, 7) is -0.0846. The van der Waals surface area contributed by atoms with Gasteiger partial charge in [-0.2, -0.15) is 5.26 Å². The van der Waals surface area contributed by atoms with Gasteiger partial charge in [-0.3, -0.25) is 4.79 Å². The predicted octanol–water partition coefficient (Wildman–Crippen LogP) is 3.34. The number of Topliss-reactive ketones (excluding diaryl/α,β-unsaturated/α-hetero) is 1. The third kappa shape index (κ3) is 2.67. The molecule has 4 nitrogen and oxygen atoms in total. The maximum Gasteiger partial charge on any atom is 0.231 e. The summed E-state index contributed by atoms with van der Waals surface area (Å²) in [4.78, 5) is 12.2. The lowest BCUT2D eigenvalue weighted by molar-refractivity contribution is 0.101. The first-order valence-electron chi connectivity index (χ1n) is 6.51. The number of ether oxygens (including phenoxy) is 2. The zero-order valence-electron chi connectivity index (χ0n) is 11.4. The second-order valence-corrected chi connectivity index (χ2v) is 4.60. The third-order valence-electron chi connectivity index (χ3n) is 3.09. The fourth-order valence-corrected chi connectivity index (χ4v) is 2.12. The highest BCUT2D eigenvalue weighted by atomic mass is 19.1. The molecule has 0 spiro atoms. The summed E-state index contributed by atoms with van der Waals surface area (Å²) in [5.41, 5.74) is 0.948. The number of carbonyl (C=O) groups is 1. The van der Waals surface area contributed by atoms with Crippen LogP contribution in [0, 0.1) is 17.1 Å². The molecule has 0 aromatic heterocycles. The van der Waals surface area contributed by atoms with Crippen molar-refractivity contribution in [3.63, 3.8) is 0 Å². The maximum absolute atomic E-state index is 13.2. The van der Waals surface area contributed by atoms with Gasteiger partial charge in [-0.15, -0.1) is 0 Å². The van der Waals surface area contributed by atoms with E-state index in [2.05, 4.69) is 0 Å². The molecule has 1 aliphatic heterocycles. The molecule has 0 saturated heterocycles. The van der Waals surface area contributed by atoms with Crippen LogP contribution in [0.25, 0.3) is 6.08 Å². The summed E-state index contributed by atoms with van der Waals surface area (Å²) in [6.07, 6.45) is 1.49. The number of benzene rings is 2. The SMILES string of the molecule is N#CCOc1ccc2c(c1)OC(=Cc1cccc(F)c1)C2=O. The smallest absolute Gasteiger partial charge is 0.231 e. The minimum atomic E-state index is -0.385. The molecule has 3 rings (SSSR count). The van der Waals surface area contributed by atoms with Gasteiger partial charge in [-0.05, 0) is 35.9 Å². The summed E-state index contributed by atoms with van der Waals surface area (Å²) in [6, 6.07) is 12.5. The Kier molecular flexibility index (Phi) is 3.58. The predicted molar refractivity (Wildman–Crippen MR) is 76.9 cm³/mol. The van der Waals surface area contributed by atoms with E-state index in [-0.39, 0.29) is 24.0 Å². The van der Waals surface area contributed by atoms with Gasteiger partial charge in [0.05, 0.1) is 5.56 Å². The van der Waals surface area contributed by atoms with E-state index in [1.165, 1.54) is 18.2 Å². The Morgan fingerprint density at radius 1 is 1.27 bits per heavy atom. The molecule has 0 saturated carbocycles. The van der Waals surface area contributed by atoms with Crippen molar-refractivity contribution in [2.75, 3.05) is 6.61 Å². The molecule has 0 atom stereocenters. The van der Waals surface area contributed by atoms with Crippen LogP contribution in [-0.2, 0) is 0 Å². The lowest BCUT2D eigenvalue weighted by atomic mass is 10.1. The molecule has 0 radical (unpaired) electrons. The summed E-state index contributed by atoms with van der Waals surface area (Å²) >= 11 is 0. The highest BCUT2D eigenvalue weighted by Crippen LogP contribution is 2.34. The number of hydrogen-bond donors (Lipinski definition) is 0. The van der Waals surface area contributed by atoms with Crippen LogP contribution in [0.15, 0.2) is 48.2 Å². The van der Waals surface area contributed by atoms with Gasteiger partial charge in [0.2, 0.25) is 5.78 Å². The molecule has 108 valence electrons. The number of hydrogen-bond acceptors (Lipinski definition) is 4. The molecule has 0 aliphatic carbocycles. The van der Waals surface area contributed by atoms with Crippen molar-refractivity contribution in [1.29, 1.82) is 5.26 Å². The van der Waals surface area contributed by atoms with Crippen LogP contribution in [0.2, 0.25) is 0 Å². The Morgan fingerprint density at radius 2 is 2.14 bits per heavy atom. The van der Waals surface area contributed by atoms with E-state index in [9.17, 15) is 9.18 Å². The zero-order valence-corrected chi connectivity index (χ0v) is 11.4. The fraction of sp³-hybridized carbons (Fsp3) is 0.0588. The average molecular weight is 295 g/mol. The highest BCUT2D eigenvalue weighted by Gasteiger charge is 2.27. The second kappa shape index (κ2) is 5.70. The molecular formula is C17H10FNO3. The molecule has 0 fully saturated rings.